The van der Waals surface area contributed by atoms with Crippen molar-refractivity contribution in [3.8, 4) is 0 Å². The highest BCUT2D eigenvalue weighted by atomic mass is 32.1. The molecule has 1 aromatic rings. The molecular formula is C30H52F2N4OS. The molecule has 0 aromatic carbocycles. The van der Waals surface area contributed by atoms with E-state index in [2.05, 4.69) is 48.6 Å². The maximum absolute atomic E-state index is 11.1. The Hall–Kier alpha value is -2.97. The number of carbonyl (C=O) groups excluding carboxylic acids is 1. The summed E-state index contributed by atoms with van der Waals surface area (Å²) in [7, 11) is 0. The molecule has 0 bridgehead atoms. The summed E-state index contributed by atoms with van der Waals surface area (Å²) in [5.74, 6) is 0. The Kier molecular flexibility index (Phi) is 55.9. The predicted molar refractivity (Wildman–Crippen MR) is 170 cm³/mol. The quantitative estimate of drug-likeness (QED) is 0.122. The minimum atomic E-state index is -0.684. The van der Waals surface area contributed by atoms with Crippen LogP contribution in [0.3, 0.4) is 0 Å². The molecule has 2 N–H and O–H groups in total. The first-order valence-corrected chi connectivity index (χ1v) is 13.5. The van der Waals surface area contributed by atoms with E-state index in [0.717, 1.165) is 24.3 Å². The number of nitrogens with zero attached hydrogens (tertiary/aromatic N) is 3. The van der Waals surface area contributed by atoms with Gasteiger partial charge in [-0.1, -0.05) is 77.3 Å². The molecule has 0 radical (unpaired) electrons. The van der Waals surface area contributed by atoms with Gasteiger partial charge in [-0.3, -0.25) is 14.8 Å². The van der Waals surface area contributed by atoms with E-state index in [0.29, 0.717) is 0 Å². The number of halogens is 2. The topological polar surface area (TPSA) is 71.1 Å². The molecule has 0 spiro atoms. The summed E-state index contributed by atoms with van der Waals surface area (Å²) >= 11 is 1.45. The fourth-order valence-corrected chi connectivity index (χ4v) is 2.42. The van der Waals surface area contributed by atoms with Gasteiger partial charge in [0, 0.05) is 12.7 Å². The summed E-state index contributed by atoms with van der Waals surface area (Å²) in [5.41, 5.74) is 5.29. The Morgan fingerprint density at radius 1 is 1.13 bits per heavy atom. The number of allylic oxidation sites excluding steroid dienone is 6. The van der Waals surface area contributed by atoms with Crippen molar-refractivity contribution in [3.63, 3.8) is 0 Å². The summed E-state index contributed by atoms with van der Waals surface area (Å²) < 4.78 is 22.1. The van der Waals surface area contributed by atoms with E-state index < -0.39 is 6.67 Å². The van der Waals surface area contributed by atoms with E-state index >= 15 is 0 Å². The van der Waals surface area contributed by atoms with Gasteiger partial charge in [-0.25, -0.2) is 8.78 Å². The molecule has 0 saturated carbocycles. The number of thiophene rings is 1. The van der Waals surface area contributed by atoms with E-state index in [1.807, 2.05) is 50.4 Å². The highest BCUT2D eigenvalue weighted by Gasteiger charge is 1.99. The first-order valence-electron chi connectivity index (χ1n) is 12.6. The van der Waals surface area contributed by atoms with Crippen LogP contribution in [0.1, 0.15) is 64.1 Å². The number of aliphatic imine (C=N–C) groups is 2. The maximum Gasteiger partial charge on any atom is 0.159 e. The van der Waals surface area contributed by atoms with Gasteiger partial charge < -0.3 is 10.6 Å². The molecule has 0 unspecified atom stereocenters. The lowest BCUT2D eigenvalue weighted by Crippen LogP contribution is -2.28. The molecule has 5 nitrogen and oxygen atoms in total. The summed E-state index contributed by atoms with van der Waals surface area (Å²) in [4.78, 5) is 20.5. The molecule has 38 heavy (non-hydrogen) atoms. The van der Waals surface area contributed by atoms with Gasteiger partial charge in [0.05, 0.1) is 24.1 Å². The molecule has 0 saturated heterocycles. The fraction of sp³-hybridized carbons (Fsp3) is 0.433. The predicted octanol–water partition coefficient (Wildman–Crippen LogP) is 8.65. The second kappa shape index (κ2) is 47.3. The molecule has 1 rings (SSSR count). The number of alkyl halides is 1. The van der Waals surface area contributed by atoms with Crippen LogP contribution in [-0.2, 0) is 0 Å². The van der Waals surface area contributed by atoms with Crippen molar-refractivity contribution in [1.29, 1.82) is 0 Å². The lowest BCUT2D eigenvalue weighted by molar-refractivity contribution is 0.112. The highest BCUT2D eigenvalue weighted by Crippen LogP contribution is 2.03. The van der Waals surface area contributed by atoms with Crippen LogP contribution in [0.2, 0.25) is 0 Å². The van der Waals surface area contributed by atoms with Crippen molar-refractivity contribution in [2.24, 2.45) is 15.7 Å². The maximum atomic E-state index is 11.1. The highest BCUT2D eigenvalue weighted by molar-refractivity contribution is 7.11. The van der Waals surface area contributed by atoms with Gasteiger partial charge in [0.1, 0.15) is 6.67 Å². The van der Waals surface area contributed by atoms with Crippen molar-refractivity contribution in [1.82, 2.24) is 4.90 Å². The first kappa shape index (κ1) is 45.0. The number of aldehydes is 1. The third-order valence-electron chi connectivity index (χ3n) is 3.42. The lowest BCUT2D eigenvalue weighted by Gasteiger charge is -2.19. The molecular weight excluding hydrogens is 502 g/mol. The number of nitrogens with two attached hydrogens (primary N) is 1. The standard InChI is InChI=1S/C9H21N3.C6H8.C5H4OS.C4H6F2.C4H7N.C2H6/c1-3-6-12(7-4-2)8-5-11-9-10;1-3-5-6-4-2;6-4-5-2-1-3-7-5;1-4(2-5)3-6;1-3-4-5-2;1-2/h9H,3-8H2,1-2H3,(H2,10,11);3-6H,1-2H2;1-4H;2H,3H2,1H3;3-4H,2H2,1H3;1-2H3/b;6-5-;;4-2+;4-3-;. The molecule has 218 valence electrons. The lowest BCUT2D eigenvalue weighted by atomic mass is 10.3. The van der Waals surface area contributed by atoms with Crippen LogP contribution in [0.25, 0.3) is 0 Å². The summed E-state index contributed by atoms with van der Waals surface area (Å²) in [5, 5.41) is 1.88. The number of hydrogen-bond acceptors (Lipinski definition) is 5. The van der Waals surface area contributed by atoms with Crippen molar-refractivity contribution >= 4 is 30.7 Å². The van der Waals surface area contributed by atoms with Crippen LogP contribution in [0, 0.1) is 0 Å². The molecule has 0 amide bonds. The van der Waals surface area contributed by atoms with Crippen LogP contribution in [0.15, 0.2) is 89.1 Å². The average Bonchev–Trinajstić information content (AvgIpc) is 3.49. The molecule has 0 fully saturated rings. The van der Waals surface area contributed by atoms with Crippen LogP contribution < -0.4 is 5.73 Å². The first-order chi connectivity index (χ1) is 18.4. The molecule has 1 heterocycles. The van der Waals surface area contributed by atoms with Gasteiger partial charge in [0.2, 0.25) is 0 Å². The van der Waals surface area contributed by atoms with E-state index in [4.69, 9.17) is 5.73 Å². The molecule has 8 heteroatoms. The van der Waals surface area contributed by atoms with Crippen LogP contribution in [0.5, 0.6) is 0 Å². The third kappa shape index (κ3) is 50.0. The molecule has 0 aliphatic carbocycles. The van der Waals surface area contributed by atoms with Gasteiger partial charge in [0.15, 0.2) is 6.29 Å². The van der Waals surface area contributed by atoms with E-state index in [9.17, 15) is 13.6 Å². The van der Waals surface area contributed by atoms with E-state index in [-0.39, 0.29) is 11.9 Å². The number of hydrogen-bond donors (Lipinski definition) is 1. The van der Waals surface area contributed by atoms with Crippen molar-refractivity contribution in [2.45, 2.75) is 54.4 Å². The van der Waals surface area contributed by atoms with Gasteiger partial charge in [-0.2, -0.15) is 0 Å². The van der Waals surface area contributed by atoms with Crippen molar-refractivity contribution in [3.05, 3.63) is 84.0 Å². The minimum Gasteiger partial charge on any atom is -0.390 e. The SMILES string of the molecule is C/C(=C\F)CF.C=C/C=C\C=C.C=N/C=C\C.CC.CCCN(CCC)CCN=CN.O=Cc1cccs1. The summed E-state index contributed by atoms with van der Waals surface area (Å²) in [6, 6.07) is 3.64. The zero-order valence-electron chi connectivity index (χ0n) is 24.5. The second-order valence-electron chi connectivity index (χ2n) is 6.64. The normalized spacial score (nSPS) is 9.87. The third-order valence-corrected chi connectivity index (χ3v) is 4.22. The van der Waals surface area contributed by atoms with Crippen molar-refractivity contribution in [2.75, 3.05) is 32.9 Å². The zero-order chi connectivity index (χ0) is 30.3. The Morgan fingerprint density at radius 3 is 1.89 bits per heavy atom. The molecule has 0 atom stereocenters. The molecule has 0 aliphatic rings. The Balaban J connectivity index is -0.000000122. The van der Waals surface area contributed by atoms with Gasteiger partial charge >= 0.3 is 0 Å². The summed E-state index contributed by atoms with van der Waals surface area (Å²) in [6.07, 6.45) is 15.5. The van der Waals surface area contributed by atoms with Gasteiger partial charge in [0.25, 0.3) is 0 Å². The Labute approximate surface area is 236 Å². The van der Waals surface area contributed by atoms with Crippen molar-refractivity contribution < 1.29 is 13.6 Å². The van der Waals surface area contributed by atoms with Gasteiger partial charge in [-0.05, 0) is 63.5 Å². The van der Waals surface area contributed by atoms with Crippen LogP contribution in [-0.4, -0.2) is 57.1 Å². The number of carbonyl (C=O) groups is 1. The molecule has 1 aromatic heterocycles. The van der Waals surface area contributed by atoms with E-state index in [1.54, 1.807) is 24.4 Å². The fourth-order valence-electron chi connectivity index (χ4n) is 1.89. The smallest absolute Gasteiger partial charge is 0.159 e. The molecule has 0 aliphatic heterocycles. The van der Waals surface area contributed by atoms with Crippen LogP contribution >= 0.6 is 11.3 Å². The average molecular weight is 555 g/mol. The summed E-state index contributed by atoms with van der Waals surface area (Å²) in [6.45, 7) is 25.4. The monoisotopic (exact) mass is 554 g/mol. The Bertz CT molecular complexity index is 700. The van der Waals surface area contributed by atoms with E-state index in [1.165, 1.54) is 50.5 Å². The van der Waals surface area contributed by atoms with Crippen LogP contribution in [0.4, 0.5) is 8.78 Å². The Morgan fingerprint density at radius 2 is 1.68 bits per heavy atom. The largest absolute Gasteiger partial charge is 0.390 e. The van der Waals surface area contributed by atoms with Gasteiger partial charge in [-0.15, -0.1) is 11.3 Å². The number of rotatable bonds is 12. The minimum absolute atomic E-state index is 0.134. The second-order valence-corrected chi connectivity index (χ2v) is 7.62. The zero-order valence-corrected chi connectivity index (χ0v) is 25.3.